The fourth-order valence-corrected chi connectivity index (χ4v) is 3.35. The van der Waals surface area contributed by atoms with Gasteiger partial charge in [0.05, 0.1) is 29.5 Å². The predicted molar refractivity (Wildman–Crippen MR) is 82.0 cm³/mol. The largest absolute Gasteiger partial charge is 0.481 e. The van der Waals surface area contributed by atoms with Gasteiger partial charge < -0.3 is 10.1 Å². The van der Waals surface area contributed by atoms with Gasteiger partial charge in [-0.2, -0.15) is 5.10 Å². The number of amides is 1. The average Bonchev–Trinajstić information content (AvgIpc) is 2.87. The lowest BCUT2D eigenvalue weighted by atomic mass is 10.2. The van der Waals surface area contributed by atoms with E-state index in [0.29, 0.717) is 17.1 Å². The second kappa shape index (κ2) is 5.85. The molecule has 0 saturated carbocycles. The molecule has 21 heavy (non-hydrogen) atoms. The Bertz CT molecular complexity index is 675. The summed E-state index contributed by atoms with van der Waals surface area (Å²) in [6, 6.07) is -0.104. The first-order chi connectivity index (χ1) is 9.85. The van der Waals surface area contributed by atoms with E-state index in [1.165, 1.54) is 7.11 Å². The van der Waals surface area contributed by atoms with Crippen molar-refractivity contribution in [2.75, 3.05) is 7.11 Å². The number of carbonyl (C=O) groups is 1. The van der Waals surface area contributed by atoms with E-state index < -0.39 is 0 Å². The standard InChI is InChI=1S/C14H20N4O2S/c1-7-11(14(20-6)18(5)17-7)13(19)16-9(3)12-8(2)15-10(4)21-12/h9H,1-6H3,(H,16,19)/t9-/m1/s1. The first kappa shape index (κ1) is 15.5. The third kappa shape index (κ3) is 2.92. The number of nitrogens with zero attached hydrogens (tertiary/aromatic N) is 3. The highest BCUT2D eigenvalue weighted by molar-refractivity contribution is 7.11. The summed E-state index contributed by atoms with van der Waals surface area (Å²) in [7, 11) is 3.29. The predicted octanol–water partition coefficient (Wildman–Crippen LogP) is 2.30. The second-order valence-corrected chi connectivity index (χ2v) is 6.21. The average molecular weight is 308 g/mol. The van der Waals surface area contributed by atoms with Gasteiger partial charge >= 0.3 is 0 Å². The molecule has 0 aliphatic carbocycles. The van der Waals surface area contributed by atoms with E-state index in [0.717, 1.165) is 15.6 Å². The van der Waals surface area contributed by atoms with Crippen molar-refractivity contribution in [2.24, 2.45) is 7.05 Å². The molecule has 0 bridgehead atoms. The van der Waals surface area contributed by atoms with Crippen LogP contribution in [0.5, 0.6) is 5.88 Å². The van der Waals surface area contributed by atoms with E-state index in [1.807, 2.05) is 20.8 Å². The number of aromatic nitrogens is 3. The third-order valence-corrected chi connectivity index (χ3v) is 4.53. The molecule has 1 N–H and O–H groups in total. The molecule has 2 rings (SSSR count). The first-order valence-corrected chi connectivity index (χ1v) is 7.49. The summed E-state index contributed by atoms with van der Waals surface area (Å²) in [6.07, 6.45) is 0. The van der Waals surface area contributed by atoms with E-state index in [-0.39, 0.29) is 11.9 Å². The Morgan fingerprint density at radius 2 is 2.00 bits per heavy atom. The topological polar surface area (TPSA) is 69.0 Å². The monoisotopic (exact) mass is 308 g/mol. The molecule has 0 unspecified atom stereocenters. The van der Waals surface area contributed by atoms with Crippen LogP contribution in [-0.4, -0.2) is 27.8 Å². The van der Waals surface area contributed by atoms with Gasteiger partial charge in [-0.15, -0.1) is 11.3 Å². The van der Waals surface area contributed by atoms with Crippen molar-refractivity contribution >= 4 is 17.2 Å². The highest BCUT2D eigenvalue weighted by Gasteiger charge is 2.23. The summed E-state index contributed by atoms with van der Waals surface area (Å²) in [4.78, 5) is 18.0. The van der Waals surface area contributed by atoms with Crippen LogP contribution < -0.4 is 10.1 Å². The number of hydrogen-bond donors (Lipinski definition) is 1. The van der Waals surface area contributed by atoms with Gasteiger partial charge in [-0.3, -0.25) is 4.79 Å². The highest BCUT2D eigenvalue weighted by Crippen LogP contribution is 2.26. The molecule has 0 aromatic carbocycles. The number of carbonyl (C=O) groups excluding carboxylic acids is 1. The normalized spacial score (nSPS) is 12.3. The maximum Gasteiger partial charge on any atom is 0.259 e. The molecule has 0 fully saturated rings. The van der Waals surface area contributed by atoms with Gasteiger partial charge in [0.2, 0.25) is 5.88 Å². The van der Waals surface area contributed by atoms with Crippen molar-refractivity contribution < 1.29 is 9.53 Å². The minimum absolute atomic E-state index is 0.104. The van der Waals surface area contributed by atoms with E-state index in [9.17, 15) is 4.79 Å². The maximum absolute atomic E-state index is 12.5. The minimum atomic E-state index is -0.185. The molecule has 0 saturated heterocycles. The zero-order chi connectivity index (χ0) is 15.7. The summed E-state index contributed by atoms with van der Waals surface area (Å²) < 4.78 is 6.83. The fourth-order valence-electron chi connectivity index (χ4n) is 2.42. The van der Waals surface area contributed by atoms with Gasteiger partial charge in [0.1, 0.15) is 5.56 Å². The number of thiazole rings is 1. The molecule has 6 nitrogen and oxygen atoms in total. The van der Waals surface area contributed by atoms with Crippen LogP contribution in [0.15, 0.2) is 0 Å². The number of nitrogens with one attached hydrogen (secondary N) is 1. The number of ether oxygens (including phenoxy) is 1. The Kier molecular flexibility index (Phi) is 4.32. The zero-order valence-corrected chi connectivity index (χ0v) is 14.0. The lowest BCUT2D eigenvalue weighted by molar-refractivity contribution is 0.0936. The van der Waals surface area contributed by atoms with Crippen molar-refractivity contribution in [1.82, 2.24) is 20.1 Å². The lowest BCUT2D eigenvalue weighted by Crippen LogP contribution is -2.27. The number of hydrogen-bond acceptors (Lipinski definition) is 5. The Hall–Kier alpha value is -1.89. The van der Waals surface area contributed by atoms with Crippen molar-refractivity contribution in [3.8, 4) is 5.88 Å². The molecule has 2 aromatic rings. The molecular weight excluding hydrogens is 288 g/mol. The van der Waals surface area contributed by atoms with Gasteiger partial charge in [-0.1, -0.05) is 0 Å². The van der Waals surface area contributed by atoms with Crippen LogP contribution in [0.4, 0.5) is 0 Å². The SMILES string of the molecule is COc1c(C(=O)N[C@H](C)c2sc(C)nc2C)c(C)nn1C. The van der Waals surface area contributed by atoms with E-state index in [2.05, 4.69) is 15.4 Å². The fraction of sp³-hybridized carbons (Fsp3) is 0.500. The van der Waals surface area contributed by atoms with Gasteiger partial charge in [0.15, 0.2) is 0 Å². The van der Waals surface area contributed by atoms with Gasteiger partial charge in [0.25, 0.3) is 5.91 Å². The van der Waals surface area contributed by atoms with Crippen LogP contribution in [0, 0.1) is 20.8 Å². The van der Waals surface area contributed by atoms with Crippen molar-refractivity contribution in [2.45, 2.75) is 33.7 Å². The van der Waals surface area contributed by atoms with Crippen LogP contribution in [0.25, 0.3) is 0 Å². The van der Waals surface area contributed by atoms with Crippen LogP contribution >= 0.6 is 11.3 Å². The Morgan fingerprint density at radius 1 is 1.33 bits per heavy atom. The van der Waals surface area contributed by atoms with Crippen LogP contribution in [0.3, 0.4) is 0 Å². The van der Waals surface area contributed by atoms with Crippen LogP contribution in [0.1, 0.15) is 44.6 Å². The first-order valence-electron chi connectivity index (χ1n) is 6.67. The van der Waals surface area contributed by atoms with Gasteiger partial charge in [-0.05, 0) is 27.7 Å². The van der Waals surface area contributed by atoms with Crippen molar-refractivity contribution in [3.05, 3.63) is 26.8 Å². The zero-order valence-electron chi connectivity index (χ0n) is 13.1. The molecule has 1 amide bonds. The maximum atomic E-state index is 12.5. The third-order valence-electron chi connectivity index (χ3n) is 3.27. The van der Waals surface area contributed by atoms with Crippen LogP contribution in [-0.2, 0) is 7.05 Å². The van der Waals surface area contributed by atoms with E-state index >= 15 is 0 Å². The highest BCUT2D eigenvalue weighted by atomic mass is 32.1. The molecule has 2 heterocycles. The summed E-state index contributed by atoms with van der Waals surface area (Å²) in [5, 5.41) is 8.22. The van der Waals surface area contributed by atoms with Crippen molar-refractivity contribution in [3.63, 3.8) is 0 Å². The number of rotatable bonds is 4. The molecule has 1 atom stereocenters. The summed E-state index contributed by atoms with van der Waals surface area (Å²) in [5.41, 5.74) is 2.09. The molecule has 0 aliphatic rings. The number of aryl methyl sites for hydroxylation is 4. The second-order valence-electron chi connectivity index (χ2n) is 4.97. The molecule has 2 aromatic heterocycles. The molecule has 7 heteroatoms. The Morgan fingerprint density at radius 3 is 2.52 bits per heavy atom. The lowest BCUT2D eigenvalue weighted by Gasteiger charge is -2.13. The quantitative estimate of drug-likeness (QED) is 0.941. The van der Waals surface area contributed by atoms with Gasteiger partial charge in [-0.25, -0.2) is 9.67 Å². The molecular formula is C14H20N4O2S. The smallest absolute Gasteiger partial charge is 0.259 e. The minimum Gasteiger partial charge on any atom is -0.481 e. The molecule has 0 spiro atoms. The van der Waals surface area contributed by atoms with Crippen molar-refractivity contribution in [1.29, 1.82) is 0 Å². The number of methoxy groups -OCH3 is 1. The molecule has 114 valence electrons. The summed E-state index contributed by atoms with van der Waals surface area (Å²) >= 11 is 1.60. The van der Waals surface area contributed by atoms with E-state index in [4.69, 9.17) is 4.74 Å². The van der Waals surface area contributed by atoms with Gasteiger partial charge in [0, 0.05) is 11.9 Å². The Labute approximate surface area is 128 Å². The Balaban J connectivity index is 2.24. The summed E-state index contributed by atoms with van der Waals surface area (Å²) in [6.45, 7) is 7.67. The van der Waals surface area contributed by atoms with E-state index in [1.54, 1.807) is 30.0 Å². The van der Waals surface area contributed by atoms with Crippen LogP contribution in [0.2, 0.25) is 0 Å². The summed E-state index contributed by atoms with van der Waals surface area (Å²) in [5.74, 6) is 0.282. The molecule has 0 aliphatic heterocycles. The molecule has 0 radical (unpaired) electrons.